The largest absolute Gasteiger partial charge is 0.445 e. The number of Topliss-reactive ketones (excluding diaryl/α,β-unsaturated/α-hetero) is 1. The number of ether oxygens (including phenoxy) is 1. The van der Waals surface area contributed by atoms with Crippen molar-refractivity contribution >= 4 is 17.8 Å². The fourth-order valence-electron chi connectivity index (χ4n) is 2.52. The molecular weight excluding hydrogens is 308 g/mol. The molecule has 1 N–H and O–H groups in total. The van der Waals surface area contributed by atoms with E-state index in [1.807, 2.05) is 30.3 Å². The first kappa shape index (κ1) is 18.0. The third-order valence-corrected chi connectivity index (χ3v) is 4.07. The Hall–Kier alpha value is -2.37. The summed E-state index contributed by atoms with van der Waals surface area (Å²) in [7, 11) is 0. The van der Waals surface area contributed by atoms with Gasteiger partial charge in [0.2, 0.25) is 5.91 Å². The molecule has 6 nitrogen and oxygen atoms in total. The van der Waals surface area contributed by atoms with Crippen LogP contribution in [0.15, 0.2) is 30.3 Å². The van der Waals surface area contributed by atoms with E-state index in [1.54, 1.807) is 18.7 Å². The lowest BCUT2D eigenvalue weighted by atomic mass is 10.0. The van der Waals surface area contributed by atoms with Crippen molar-refractivity contribution in [3.05, 3.63) is 35.9 Å². The molecule has 24 heavy (non-hydrogen) atoms. The van der Waals surface area contributed by atoms with Crippen LogP contribution in [0.4, 0.5) is 4.79 Å². The molecule has 6 heteroatoms. The van der Waals surface area contributed by atoms with E-state index in [-0.39, 0.29) is 36.7 Å². The number of hydrogen-bond acceptors (Lipinski definition) is 4. The number of carbonyl (C=O) groups excluding carboxylic acids is 3. The van der Waals surface area contributed by atoms with Gasteiger partial charge in [0.05, 0.1) is 6.54 Å². The summed E-state index contributed by atoms with van der Waals surface area (Å²) in [5.41, 5.74) is 0.925. The molecule has 1 atom stereocenters. The molecule has 0 aliphatic carbocycles. The van der Waals surface area contributed by atoms with Crippen LogP contribution in [0.2, 0.25) is 0 Å². The van der Waals surface area contributed by atoms with E-state index in [0.717, 1.165) is 5.56 Å². The Labute approximate surface area is 142 Å². The number of carbonyl (C=O) groups is 3. The van der Waals surface area contributed by atoms with Crippen LogP contribution in [0.1, 0.15) is 25.8 Å². The van der Waals surface area contributed by atoms with Crippen LogP contribution in [0, 0.1) is 11.8 Å². The highest BCUT2D eigenvalue weighted by molar-refractivity contribution is 5.88. The second-order valence-corrected chi connectivity index (χ2v) is 6.31. The summed E-state index contributed by atoms with van der Waals surface area (Å²) in [6.07, 6.45) is 0.206. The molecular formula is C18H24N2O4. The van der Waals surface area contributed by atoms with Gasteiger partial charge in [0.15, 0.2) is 5.78 Å². The zero-order valence-electron chi connectivity index (χ0n) is 14.2. The summed E-state index contributed by atoms with van der Waals surface area (Å²) in [6.45, 7) is 4.65. The second-order valence-electron chi connectivity index (χ2n) is 6.31. The van der Waals surface area contributed by atoms with Gasteiger partial charge < -0.3 is 15.0 Å². The van der Waals surface area contributed by atoms with Crippen LogP contribution in [-0.4, -0.2) is 42.3 Å². The Morgan fingerprint density at radius 1 is 1.25 bits per heavy atom. The monoisotopic (exact) mass is 332 g/mol. The summed E-state index contributed by atoms with van der Waals surface area (Å²) in [4.78, 5) is 37.2. The third-order valence-electron chi connectivity index (χ3n) is 4.07. The average molecular weight is 332 g/mol. The third kappa shape index (κ3) is 5.08. The lowest BCUT2D eigenvalue weighted by molar-refractivity contribution is -0.128. The number of amides is 2. The number of likely N-dealkylation sites (tertiary alicyclic amines) is 1. The van der Waals surface area contributed by atoms with Crippen LogP contribution in [-0.2, 0) is 20.9 Å². The number of ketones is 1. The number of rotatable bonds is 6. The Morgan fingerprint density at radius 3 is 2.62 bits per heavy atom. The van der Waals surface area contributed by atoms with Crippen molar-refractivity contribution in [3.8, 4) is 0 Å². The SMILES string of the molecule is CC(C)C(=O)NCC(=O)C1CCN(C(=O)OCc2ccccc2)C1. The van der Waals surface area contributed by atoms with Crippen LogP contribution in [0.5, 0.6) is 0 Å². The first-order valence-corrected chi connectivity index (χ1v) is 8.23. The Bertz CT molecular complexity index is 586. The molecule has 2 amide bonds. The molecule has 0 saturated carbocycles. The van der Waals surface area contributed by atoms with Crippen LogP contribution in [0.25, 0.3) is 0 Å². The molecule has 1 aliphatic rings. The maximum atomic E-state index is 12.1. The van der Waals surface area contributed by atoms with Crippen molar-refractivity contribution < 1.29 is 19.1 Å². The maximum absolute atomic E-state index is 12.1. The summed E-state index contributed by atoms with van der Waals surface area (Å²) in [6, 6.07) is 9.46. The highest BCUT2D eigenvalue weighted by atomic mass is 16.6. The van der Waals surface area contributed by atoms with E-state index < -0.39 is 6.09 Å². The van der Waals surface area contributed by atoms with Crippen LogP contribution < -0.4 is 5.32 Å². The molecule has 0 aromatic heterocycles. The summed E-state index contributed by atoms with van der Waals surface area (Å²) < 4.78 is 5.28. The van der Waals surface area contributed by atoms with E-state index in [2.05, 4.69) is 5.32 Å². The van der Waals surface area contributed by atoms with E-state index in [0.29, 0.717) is 19.5 Å². The number of nitrogens with one attached hydrogen (secondary N) is 1. The molecule has 1 aromatic rings. The van der Waals surface area contributed by atoms with Gasteiger partial charge in [-0.3, -0.25) is 9.59 Å². The topological polar surface area (TPSA) is 75.7 Å². The molecule has 130 valence electrons. The van der Waals surface area contributed by atoms with Crippen molar-refractivity contribution in [3.63, 3.8) is 0 Å². The van der Waals surface area contributed by atoms with E-state index in [1.165, 1.54) is 0 Å². The standard InChI is InChI=1S/C18H24N2O4/c1-13(2)17(22)19-10-16(21)15-8-9-20(11-15)18(23)24-12-14-6-4-3-5-7-14/h3-7,13,15H,8-12H2,1-2H3,(H,19,22). The fraction of sp³-hybridized carbons (Fsp3) is 0.500. The van der Waals surface area contributed by atoms with Gasteiger partial charge in [-0.2, -0.15) is 0 Å². The summed E-state index contributed by atoms with van der Waals surface area (Å²) >= 11 is 0. The second kappa shape index (κ2) is 8.47. The lowest BCUT2D eigenvalue weighted by Crippen LogP contribution is -2.36. The van der Waals surface area contributed by atoms with Gasteiger partial charge in [0.25, 0.3) is 0 Å². The van der Waals surface area contributed by atoms with Crippen molar-refractivity contribution in [2.75, 3.05) is 19.6 Å². The zero-order valence-corrected chi connectivity index (χ0v) is 14.2. The van der Waals surface area contributed by atoms with Crippen LogP contribution >= 0.6 is 0 Å². The van der Waals surface area contributed by atoms with Gasteiger partial charge in [0.1, 0.15) is 6.61 Å². The quantitative estimate of drug-likeness (QED) is 0.864. The molecule has 1 aromatic carbocycles. The minimum atomic E-state index is -0.402. The molecule has 1 heterocycles. The summed E-state index contributed by atoms with van der Waals surface area (Å²) in [5, 5.41) is 2.63. The Morgan fingerprint density at radius 2 is 1.96 bits per heavy atom. The predicted octanol–water partition coefficient (Wildman–Crippen LogP) is 1.99. The highest BCUT2D eigenvalue weighted by Crippen LogP contribution is 2.18. The van der Waals surface area contributed by atoms with E-state index >= 15 is 0 Å². The Kier molecular flexibility index (Phi) is 6.35. The normalized spacial score (nSPS) is 17.0. The molecule has 1 aliphatic heterocycles. The zero-order chi connectivity index (χ0) is 17.5. The van der Waals surface area contributed by atoms with Crippen molar-refractivity contribution in [2.45, 2.75) is 26.9 Å². The van der Waals surface area contributed by atoms with E-state index in [9.17, 15) is 14.4 Å². The van der Waals surface area contributed by atoms with Gasteiger partial charge in [-0.15, -0.1) is 0 Å². The van der Waals surface area contributed by atoms with Crippen LogP contribution in [0.3, 0.4) is 0 Å². The first-order chi connectivity index (χ1) is 11.5. The van der Waals surface area contributed by atoms with E-state index in [4.69, 9.17) is 4.74 Å². The van der Waals surface area contributed by atoms with Gasteiger partial charge in [0, 0.05) is 24.9 Å². The maximum Gasteiger partial charge on any atom is 0.410 e. The summed E-state index contributed by atoms with van der Waals surface area (Å²) in [5.74, 6) is -0.560. The lowest BCUT2D eigenvalue weighted by Gasteiger charge is -2.16. The highest BCUT2D eigenvalue weighted by Gasteiger charge is 2.31. The minimum Gasteiger partial charge on any atom is -0.445 e. The molecule has 0 bridgehead atoms. The Balaban J connectivity index is 1.74. The first-order valence-electron chi connectivity index (χ1n) is 8.23. The number of benzene rings is 1. The van der Waals surface area contributed by atoms with Crippen molar-refractivity contribution in [1.29, 1.82) is 0 Å². The molecule has 2 rings (SSSR count). The minimum absolute atomic E-state index is 0.0224. The average Bonchev–Trinajstić information content (AvgIpc) is 3.08. The fourth-order valence-corrected chi connectivity index (χ4v) is 2.52. The molecule has 1 fully saturated rings. The van der Waals surface area contributed by atoms with Gasteiger partial charge >= 0.3 is 6.09 Å². The number of nitrogens with zero attached hydrogens (tertiary/aromatic N) is 1. The van der Waals surface area contributed by atoms with Gasteiger partial charge in [-0.25, -0.2) is 4.79 Å². The van der Waals surface area contributed by atoms with Gasteiger partial charge in [-0.1, -0.05) is 44.2 Å². The molecule has 1 saturated heterocycles. The molecule has 0 radical (unpaired) electrons. The van der Waals surface area contributed by atoms with Crippen molar-refractivity contribution in [2.24, 2.45) is 11.8 Å². The smallest absolute Gasteiger partial charge is 0.410 e. The van der Waals surface area contributed by atoms with Gasteiger partial charge in [-0.05, 0) is 12.0 Å². The van der Waals surface area contributed by atoms with Crippen molar-refractivity contribution in [1.82, 2.24) is 10.2 Å². The molecule has 0 spiro atoms. The predicted molar refractivity (Wildman–Crippen MR) is 89.2 cm³/mol. The molecule has 1 unspecified atom stereocenters. The number of hydrogen-bond donors (Lipinski definition) is 1.